The van der Waals surface area contributed by atoms with Gasteiger partial charge in [-0.1, -0.05) is 35.3 Å². The van der Waals surface area contributed by atoms with Gasteiger partial charge in [0.1, 0.15) is 22.6 Å². The molecule has 2 N–H and O–H groups in total. The van der Waals surface area contributed by atoms with E-state index in [1.165, 1.54) is 11.1 Å². The summed E-state index contributed by atoms with van der Waals surface area (Å²) in [7, 11) is 5.43. The molecule has 0 heterocycles. The van der Waals surface area contributed by atoms with Crippen LogP contribution in [0.15, 0.2) is 30.3 Å². The molecule has 0 aliphatic heterocycles. The monoisotopic (exact) mass is 387 g/mol. The molecule has 0 fully saturated rings. The van der Waals surface area contributed by atoms with Crippen LogP contribution in [0.1, 0.15) is 35.1 Å². The van der Waals surface area contributed by atoms with Crippen molar-refractivity contribution in [2.75, 3.05) is 21.3 Å². The highest BCUT2D eigenvalue weighted by molar-refractivity contribution is 6.43. The number of hydrogen-bond acceptors (Lipinski definition) is 2. The first-order chi connectivity index (χ1) is 11.1. The number of halogens is 3. The molecular weight excluding hydrogens is 369 g/mol. The molecule has 1 aliphatic carbocycles. The Labute approximate surface area is 158 Å². The summed E-state index contributed by atoms with van der Waals surface area (Å²) >= 11 is 12.5. The highest BCUT2D eigenvalue weighted by Gasteiger charge is 2.36. The topological polar surface area (TPSA) is 35.1 Å². The van der Waals surface area contributed by atoms with E-state index in [1.54, 1.807) is 14.2 Å². The zero-order chi connectivity index (χ0) is 16.6. The van der Waals surface area contributed by atoms with Crippen LogP contribution in [0.5, 0.6) is 11.5 Å². The van der Waals surface area contributed by atoms with Gasteiger partial charge in [-0.15, -0.1) is 0 Å². The largest absolute Gasteiger partial charge is 1.00 e. The van der Waals surface area contributed by atoms with Gasteiger partial charge >= 0.3 is 0 Å². The second-order valence-electron chi connectivity index (χ2n) is 5.71. The summed E-state index contributed by atoms with van der Waals surface area (Å²) < 4.78 is 10.9. The Morgan fingerprint density at radius 3 is 2.33 bits per heavy atom. The number of fused-ring (bicyclic) bond motifs is 1. The molecule has 1 aliphatic rings. The van der Waals surface area contributed by atoms with E-state index in [0.717, 1.165) is 17.7 Å². The van der Waals surface area contributed by atoms with Gasteiger partial charge < -0.3 is 27.2 Å². The van der Waals surface area contributed by atoms with Gasteiger partial charge in [0, 0.05) is 23.5 Å². The second-order valence-corrected chi connectivity index (χ2v) is 6.49. The standard InChI is InChI=1S/C18H19Cl2NO2.ClH/c1-21-16-9-13(11-5-4-10(22-2)8-14(11)16)12-6-7-15(19)17(20)18(12)23-3;/h4-8,13,16,21H,9H2,1-3H3;1H/t13-,16-;/m1./s1. The molecule has 0 unspecified atom stereocenters. The molecule has 0 saturated heterocycles. The van der Waals surface area contributed by atoms with Crippen LogP contribution in [-0.2, 0) is 0 Å². The number of hydrogen-bond donors (Lipinski definition) is 1. The first-order valence-electron chi connectivity index (χ1n) is 7.59. The van der Waals surface area contributed by atoms with Crippen LogP contribution in [0, 0.1) is 0 Å². The predicted octanol–water partition coefficient (Wildman–Crippen LogP) is 0.784. The van der Waals surface area contributed by atoms with Gasteiger partial charge in [0.2, 0.25) is 0 Å². The molecule has 2 aromatic carbocycles. The van der Waals surface area contributed by atoms with E-state index in [1.807, 2.05) is 18.2 Å². The van der Waals surface area contributed by atoms with E-state index in [0.29, 0.717) is 21.8 Å². The number of rotatable bonds is 4. The maximum atomic E-state index is 6.34. The molecule has 2 atom stereocenters. The maximum absolute atomic E-state index is 6.34. The number of ether oxygens (including phenoxy) is 2. The number of nitrogens with two attached hydrogens (primary N) is 1. The molecule has 0 radical (unpaired) electrons. The van der Waals surface area contributed by atoms with Gasteiger partial charge in [-0.3, -0.25) is 0 Å². The quantitative estimate of drug-likeness (QED) is 0.840. The van der Waals surface area contributed by atoms with Crippen molar-refractivity contribution in [1.29, 1.82) is 0 Å². The molecule has 6 heteroatoms. The van der Waals surface area contributed by atoms with Crippen LogP contribution in [0.2, 0.25) is 10.0 Å². The van der Waals surface area contributed by atoms with Crippen molar-refractivity contribution in [3.8, 4) is 11.5 Å². The van der Waals surface area contributed by atoms with E-state index >= 15 is 0 Å². The molecule has 2 aromatic rings. The van der Waals surface area contributed by atoms with Crippen molar-refractivity contribution in [2.24, 2.45) is 0 Å². The van der Waals surface area contributed by atoms with Gasteiger partial charge in [0.15, 0.2) is 0 Å². The molecule has 24 heavy (non-hydrogen) atoms. The zero-order valence-corrected chi connectivity index (χ0v) is 16.0. The molecule has 0 bridgehead atoms. The van der Waals surface area contributed by atoms with Crippen molar-refractivity contribution in [3.05, 3.63) is 57.1 Å². The first kappa shape index (κ1) is 19.2. The maximum Gasteiger partial charge on any atom is 0.142 e. The third-order valence-corrected chi connectivity index (χ3v) is 5.41. The molecule has 130 valence electrons. The van der Waals surface area contributed by atoms with E-state index < -0.39 is 0 Å². The van der Waals surface area contributed by atoms with Crippen molar-refractivity contribution in [3.63, 3.8) is 0 Å². The highest BCUT2D eigenvalue weighted by atomic mass is 35.5. The number of quaternary nitrogens is 1. The van der Waals surface area contributed by atoms with Gasteiger partial charge in [-0.05, 0) is 23.8 Å². The summed E-state index contributed by atoms with van der Waals surface area (Å²) in [6, 6.07) is 10.5. The second kappa shape index (κ2) is 7.83. The Bertz CT molecular complexity index is 736. The van der Waals surface area contributed by atoms with Crippen LogP contribution < -0.4 is 27.2 Å². The third-order valence-electron chi connectivity index (χ3n) is 4.62. The lowest BCUT2D eigenvalue weighted by Gasteiger charge is -2.17. The third kappa shape index (κ3) is 3.18. The lowest BCUT2D eigenvalue weighted by atomic mass is 9.92. The minimum atomic E-state index is 0. The van der Waals surface area contributed by atoms with E-state index in [2.05, 4.69) is 24.5 Å². The van der Waals surface area contributed by atoms with Crippen molar-refractivity contribution in [2.45, 2.75) is 18.4 Å². The fourth-order valence-electron chi connectivity index (χ4n) is 3.47. The number of benzene rings is 2. The van der Waals surface area contributed by atoms with Crippen LogP contribution in [-0.4, -0.2) is 21.3 Å². The Hall–Kier alpha value is -1.13. The molecule has 0 spiro atoms. The number of methoxy groups -OCH3 is 2. The van der Waals surface area contributed by atoms with E-state index in [-0.39, 0.29) is 18.3 Å². The van der Waals surface area contributed by atoms with E-state index in [4.69, 9.17) is 32.7 Å². The summed E-state index contributed by atoms with van der Waals surface area (Å²) in [5, 5.41) is 3.23. The molecule has 3 nitrogen and oxygen atoms in total. The fraction of sp³-hybridized carbons (Fsp3) is 0.333. The predicted molar refractivity (Wildman–Crippen MR) is 93.1 cm³/mol. The lowest BCUT2D eigenvalue weighted by molar-refractivity contribution is -0.669. The summed E-state index contributed by atoms with van der Waals surface area (Å²) in [5.74, 6) is 1.79. The smallest absolute Gasteiger partial charge is 0.142 e. The normalized spacial score (nSPS) is 18.7. The Balaban J connectivity index is 0.00000208. The van der Waals surface area contributed by atoms with E-state index in [9.17, 15) is 0 Å². The summed E-state index contributed by atoms with van der Waals surface area (Å²) in [5.41, 5.74) is 3.69. The van der Waals surface area contributed by atoms with Gasteiger partial charge in [-0.25, -0.2) is 0 Å². The Morgan fingerprint density at radius 1 is 1.00 bits per heavy atom. The van der Waals surface area contributed by atoms with Crippen LogP contribution >= 0.6 is 23.2 Å². The molecule has 0 amide bonds. The average molecular weight is 389 g/mol. The Kier molecular flexibility index (Phi) is 6.27. The van der Waals surface area contributed by atoms with Crippen molar-refractivity contribution in [1.82, 2.24) is 0 Å². The van der Waals surface area contributed by atoms with Crippen LogP contribution in [0.3, 0.4) is 0 Å². The van der Waals surface area contributed by atoms with Gasteiger partial charge in [-0.2, -0.15) is 0 Å². The highest BCUT2D eigenvalue weighted by Crippen LogP contribution is 2.48. The van der Waals surface area contributed by atoms with Gasteiger partial charge in [0.25, 0.3) is 0 Å². The molecule has 0 aromatic heterocycles. The molecule has 0 saturated carbocycles. The van der Waals surface area contributed by atoms with Gasteiger partial charge in [0.05, 0.1) is 26.3 Å². The minimum Gasteiger partial charge on any atom is -1.00 e. The average Bonchev–Trinajstić information content (AvgIpc) is 2.94. The molecular formula is C18H20Cl3NO2. The van der Waals surface area contributed by atoms with Crippen LogP contribution in [0.25, 0.3) is 0 Å². The lowest BCUT2D eigenvalue weighted by Crippen LogP contribution is -3.00. The Morgan fingerprint density at radius 2 is 1.71 bits per heavy atom. The minimum absolute atomic E-state index is 0. The summed E-state index contributed by atoms with van der Waals surface area (Å²) in [6.45, 7) is 0. The van der Waals surface area contributed by atoms with Crippen LogP contribution in [0.4, 0.5) is 0 Å². The fourth-order valence-corrected chi connectivity index (χ4v) is 3.86. The van der Waals surface area contributed by atoms with Crippen molar-refractivity contribution < 1.29 is 27.2 Å². The molecule has 3 rings (SSSR count). The summed E-state index contributed by atoms with van der Waals surface area (Å²) in [4.78, 5) is 0. The first-order valence-corrected chi connectivity index (χ1v) is 8.35. The van der Waals surface area contributed by atoms with Crippen molar-refractivity contribution >= 4 is 23.2 Å². The zero-order valence-electron chi connectivity index (χ0n) is 13.8. The SMILES string of the molecule is C[NH2+][C@@H]1C[C@@H](c2ccc(Cl)c(Cl)c2OC)c2ccc(OC)cc21.[Cl-]. The summed E-state index contributed by atoms with van der Waals surface area (Å²) in [6.07, 6.45) is 0.993.